The highest BCUT2D eigenvalue weighted by atomic mass is 14.7. The van der Waals surface area contributed by atoms with E-state index in [-0.39, 0.29) is 0 Å². The molecule has 0 spiro atoms. The first kappa shape index (κ1) is 12.5. The van der Waals surface area contributed by atoms with Crippen LogP contribution in [0.2, 0.25) is 0 Å². The van der Waals surface area contributed by atoms with Crippen molar-refractivity contribution >= 4 is 46.1 Å². The van der Waals surface area contributed by atoms with E-state index < -0.39 is 0 Å². The molecule has 0 aliphatic carbocycles. The number of benzene rings is 2. The van der Waals surface area contributed by atoms with Crippen LogP contribution in [0.5, 0.6) is 0 Å². The molecule has 0 atom stereocenters. The van der Waals surface area contributed by atoms with Crippen molar-refractivity contribution in [3.8, 4) is 0 Å². The van der Waals surface area contributed by atoms with Crippen molar-refractivity contribution in [2.45, 2.75) is 13.3 Å². The maximum absolute atomic E-state index is 4.69. The lowest BCUT2D eigenvalue weighted by Crippen LogP contribution is -1.82. The molecule has 3 heteroatoms. The molecule has 2 aromatic carbocycles. The zero-order valence-electron chi connectivity index (χ0n) is 11.4. The van der Waals surface area contributed by atoms with Gasteiger partial charge in [-0.25, -0.2) is 4.98 Å². The Balaban J connectivity index is 2.20. The highest BCUT2D eigenvalue weighted by Gasteiger charge is 2.02. The molecule has 0 aliphatic heterocycles. The van der Waals surface area contributed by atoms with E-state index >= 15 is 0 Å². The monoisotopic (exact) mass is 261 g/mol. The number of aromatic nitrogens is 1. The fourth-order valence-electron chi connectivity index (χ4n) is 2.17. The molecule has 0 fully saturated rings. The second-order valence-electron chi connectivity index (χ2n) is 4.62. The number of fused-ring (bicyclic) bond motifs is 2. The molecule has 0 saturated heterocycles. The van der Waals surface area contributed by atoms with Crippen LogP contribution in [0.1, 0.15) is 13.3 Å². The van der Waals surface area contributed by atoms with Crippen molar-refractivity contribution in [3.63, 3.8) is 0 Å². The Bertz CT molecular complexity index is 819. The molecule has 3 aromatic rings. The molecule has 3 rings (SSSR count). The normalized spacial score (nSPS) is 11.4. The van der Waals surface area contributed by atoms with E-state index in [1.54, 1.807) is 0 Å². The summed E-state index contributed by atoms with van der Waals surface area (Å²) in [6.07, 6.45) is 2.83. The summed E-state index contributed by atoms with van der Waals surface area (Å²) >= 11 is 0. The lowest BCUT2D eigenvalue weighted by molar-refractivity contribution is 1.31. The fourth-order valence-corrected chi connectivity index (χ4v) is 2.17. The first-order chi connectivity index (χ1) is 9.80. The predicted octanol–water partition coefficient (Wildman–Crippen LogP) is 4.83. The Hall–Kier alpha value is -2.55. The van der Waals surface area contributed by atoms with E-state index in [0.29, 0.717) is 0 Å². The van der Waals surface area contributed by atoms with Crippen LogP contribution in [0.15, 0.2) is 52.4 Å². The van der Waals surface area contributed by atoms with Crippen molar-refractivity contribution in [1.29, 1.82) is 0 Å². The summed E-state index contributed by atoms with van der Waals surface area (Å²) in [6.45, 7) is 5.62. The summed E-state index contributed by atoms with van der Waals surface area (Å²) in [7, 11) is 0. The summed E-state index contributed by atoms with van der Waals surface area (Å²) in [5.41, 5.74) is 3.65. The second kappa shape index (κ2) is 5.21. The molecule has 0 N–H and O–H groups in total. The SMILES string of the molecule is C=Nc1ccc2cc3ccc(N=CCC)cc3nc2c1. The highest BCUT2D eigenvalue weighted by Crippen LogP contribution is 2.26. The van der Waals surface area contributed by atoms with E-state index in [9.17, 15) is 0 Å². The van der Waals surface area contributed by atoms with E-state index in [1.807, 2.05) is 36.5 Å². The maximum atomic E-state index is 4.69. The molecule has 20 heavy (non-hydrogen) atoms. The van der Waals surface area contributed by atoms with Gasteiger partial charge in [0.2, 0.25) is 0 Å². The van der Waals surface area contributed by atoms with E-state index in [0.717, 1.165) is 39.6 Å². The third-order valence-corrected chi connectivity index (χ3v) is 3.19. The van der Waals surface area contributed by atoms with Gasteiger partial charge in [0.25, 0.3) is 0 Å². The van der Waals surface area contributed by atoms with Gasteiger partial charge in [-0.05, 0) is 43.5 Å². The van der Waals surface area contributed by atoms with E-state index in [4.69, 9.17) is 4.98 Å². The van der Waals surface area contributed by atoms with Gasteiger partial charge in [0.1, 0.15) is 0 Å². The molecule has 0 unspecified atom stereocenters. The zero-order chi connectivity index (χ0) is 13.9. The maximum Gasteiger partial charge on any atom is 0.0731 e. The van der Waals surface area contributed by atoms with Gasteiger partial charge in [-0.3, -0.25) is 9.98 Å². The molecule has 0 radical (unpaired) electrons. The van der Waals surface area contributed by atoms with Crippen LogP contribution < -0.4 is 0 Å². The van der Waals surface area contributed by atoms with Gasteiger partial charge in [0, 0.05) is 17.0 Å². The molecule has 1 heterocycles. The van der Waals surface area contributed by atoms with Gasteiger partial charge in [-0.1, -0.05) is 19.1 Å². The second-order valence-corrected chi connectivity index (χ2v) is 4.62. The summed E-state index contributed by atoms with van der Waals surface area (Å²) in [5.74, 6) is 0. The molecule has 0 saturated carbocycles. The van der Waals surface area contributed by atoms with Crippen molar-refractivity contribution in [2.75, 3.05) is 0 Å². The summed E-state index contributed by atoms with van der Waals surface area (Å²) < 4.78 is 0. The van der Waals surface area contributed by atoms with Crippen LogP contribution >= 0.6 is 0 Å². The number of hydrogen-bond donors (Lipinski definition) is 0. The van der Waals surface area contributed by atoms with Crippen LogP contribution in [0.3, 0.4) is 0 Å². The molecule has 98 valence electrons. The Labute approximate surface area is 117 Å². The highest BCUT2D eigenvalue weighted by molar-refractivity contribution is 5.95. The summed E-state index contributed by atoms with van der Waals surface area (Å²) in [4.78, 5) is 13.0. The number of aliphatic imine (C=N–C) groups is 2. The molecule has 0 aliphatic rings. The van der Waals surface area contributed by atoms with Gasteiger partial charge in [0.05, 0.1) is 22.4 Å². The first-order valence-corrected chi connectivity index (χ1v) is 6.64. The number of pyridine rings is 1. The van der Waals surface area contributed by atoms with Gasteiger partial charge >= 0.3 is 0 Å². The van der Waals surface area contributed by atoms with E-state index in [2.05, 4.69) is 35.8 Å². The Kier molecular flexibility index (Phi) is 3.25. The van der Waals surface area contributed by atoms with Gasteiger partial charge in [-0.15, -0.1) is 0 Å². The standard InChI is InChI=1S/C17H15N3/c1-3-8-19-15-7-5-13-9-12-4-6-14(18-2)10-16(12)20-17(13)11-15/h4-11H,2-3H2,1H3. The van der Waals surface area contributed by atoms with Gasteiger partial charge in [-0.2, -0.15) is 0 Å². The van der Waals surface area contributed by atoms with Crippen LogP contribution in [0.4, 0.5) is 11.4 Å². The molecular weight excluding hydrogens is 246 g/mol. The third kappa shape index (κ3) is 2.30. The smallest absolute Gasteiger partial charge is 0.0731 e. The van der Waals surface area contributed by atoms with Crippen LogP contribution in [-0.2, 0) is 0 Å². The quantitative estimate of drug-likeness (QED) is 0.491. The van der Waals surface area contributed by atoms with Crippen molar-refractivity contribution in [2.24, 2.45) is 9.98 Å². The van der Waals surface area contributed by atoms with Crippen molar-refractivity contribution in [3.05, 3.63) is 42.5 Å². The minimum absolute atomic E-state index is 0.838. The lowest BCUT2D eigenvalue weighted by atomic mass is 10.1. The van der Waals surface area contributed by atoms with Crippen LogP contribution in [0, 0.1) is 0 Å². The number of rotatable bonds is 3. The fraction of sp³-hybridized carbons (Fsp3) is 0.118. The molecule has 0 bridgehead atoms. The molecule has 0 amide bonds. The molecule has 3 nitrogen and oxygen atoms in total. The first-order valence-electron chi connectivity index (χ1n) is 6.64. The van der Waals surface area contributed by atoms with Crippen molar-refractivity contribution in [1.82, 2.24) is 4.98 Å². The Morgan fingerprint density at radius 3 is 2.30 bits per heavy atom. The molecule has 1 aromatic heterocycles. The average molecular weight is 261 g/mol. The Morgan fingerprint density at radius 2 is 1.65 bits per heavy atom. The van der Waals surface area contributed by atoms with E-state index in [1.165, 1.54) is 0 Å². The topological polar surface area (TPSA) is 37.6 Å². The lowest BCUT2D eigenvalue weighted by Gasteiger charge is -2.03. The largest absolute Gasteiger partial charge is 0.265 e. The summed E-state index contributed by atoms with van der Waals surface area (Å²) in [6, 6.07) is 14.1. The third-order valence-electron chi connectivity index (χ3n) is 3.19. The number of hydrogen-bond acceptors (Lipinski definition) is 3. The molecular formula is C17H15N3. The zero-order valence-corrected chi connectivity index (χ0v) is 11.4. The van der Waals surface area contributed by atoms with Crippen molar-refractivity contribution < 1.29 is 0 Å². The van der Waals surface area contributed by atoms with Crippen LogP contribution in [-0.4, -0.2) is 17.9 Å². The van der Waals surface area contributed by atoms with Gasteiger partial charge in [0.15, 0.2) is 0 Å². The number of nitrogens with zero attached hydrogens (tertiary/aromatic N) is 3. The van der Waals surface area contributed by atoms with Gasteiger partial charge < -0.3 is 0 Å². The van der Waals surface area contributed by atoms with Crippen LogP contribution in [0.25, 0.3) is 21.8 Å². The average Bonchev–Trinajstić information content (AvgIpc) is 2.50. The summed E-state index contributed by atoms with van der Waals surface area (Å²) in [5, 5.41) is 2.22. The Morgan fingerprint density at radius 1 is 1.00 bits per heavy atom. The minimum atomic E-state index is 0.838. The predicted molar refractivity (Wildman–Crippen MR) is 86.9 cm³/mol. The minimum Gasteiger partial charge on any atom is -0.265 e.